The number of phenols is 1. The van der Waals surface area contributed by atoms with Crippen molar-refractivity contribution in [2.75, 3.05) is 0 Å². The van der Waals surface area contributed by atoms with Crippen LogP contribution >= 0.6 is 0 Å². The third-order valence-electron chi connectivity index (χ3n) is 3.26. The quantitative estimate of drug-likeness (QED) is 0.560. The highest BCUT2D eigenvalue weighted by molar-refractivity contribution is 5.99. The molecule has 3 aromatic carbocycles. The Balaban J connectivity index is 2.35. The van der Waals surface area contributed by atoms with Crippen molar-refractivity contribution >= 4 is 16.5 Å². The Morgan fingerprint density at radius 2 is 1.65 bits per heavy atom. The number of nitro benzene ring substituents is 1. The number of benzene rings is 3. The maximum atomic E-state index is 11.2. The summed E-state index contributed by atoms with van der Waals surface area (Å²) >= 11 is 0. The summed E-state index contributed by atoms with van der Waals surface area (Å²) in [5, 5.41) is 22.5. The first kappa shape index (κ1) is 12.2. The predicted octanol–water partition coefficient (Wildman–Crippen LogP) is 4.12. The highest BCUT2D eigenvalue weighted by atomic mass is 16.6. The lowest BCUT2D eigenvalue weighted by Crippen LogP contribution is -1.92. The molecule has 98 valence electrons. The second-order valence-corrected chi connectivity index (χ2v) is 4.49. The summed E-state index contributed by atoms with van der Waals surface area (Å²) in [4.78, 5) is 10.8. The first-order chi connectivity index (χ1) is 9.66. The van der Waals surface area contributed by atoms with Crippen molar-refractivity contribution in [1.82, 2.24) is 0 Å². The lowest BCUT2D eigenvalue weighted by Gasteiger charge is -2.08. The molecule has 0 spiro atoms. The van der Waals surface area contributed by atoms with Gasteiger partial charge in [-0.1, -0.05) is 36.4 Å². The van der Waals surface area contributed by atoms with Gasteiger partial charge in [0.25, 0.3) is 5.69 Å². The Kier molecular flexibility index (Phi) is 2.84. The van der Waals surface area contributed by atoms with Crippen molar-refractivity contribution in [2.24, 2.45) is 0 Å². The second kappa shape index (κ2) is 4.66. The van der Waals surface area contributed by atoms with Crippen LogP contribution in [0.2, 0.25) is 0 Å². The summed E-state index contributed by atoms with van der Waals surface area (Å²) < 4.78 is 0. The highest BCUT2D eigenvalue weighted by Gasteiger charge is 2.16. The molecular weight excluding hydrogens is 254 g/mol. The van der Waals surface area contributed by atoms with Crippen LogP contribution in [0.25, 0.3) is 21.9 Å². The number of nitro groups is 1. The molecule has 0 bridgehead atoms. The number of phenolic OH excluding ortho intramolecular Hbond substituents is 1. The van der Waals surface area contributed by atoms with Gasteiger partial charge in [0.05, 0.1) is 10.5 Å². The molecule has 3 rings (SSSR count). The van der Waals surface area contributed by atoms with Crippen LogP contribution in [0.15, 0.2) is 60.7 Å². The zero-order valence-corrected chi connectivity index (χ0v) is 10.5. The summed E-state index contributed by atoms with van der Waals surface area (Å²) in [6.07, 6.45) is 0. The largest absolute Gasteiger partial charge is 0.508 e. The third-order valence-corrected chi connectivity index (χ3v) is 3.26. The van der Waals surface area contributed by atoms with E-state index in [0.29, 0.717) is 5.56 Å². The van der Waals surface area contributed by atoms with Gasteiger partial charge in [0.15, 0.2) is 0 Å². The molecule has 0 fully saturated rings. The fraction of sp³-hybridized carbons (Fsp3) is 0. The predicted molar refractivity (Wildman–Crippen MR) is 77.7 cm³/mol. The molecule has 0 radical (unpaired) electrons. The molecule has 0 aliphatic carbocycles. The van der Waals surface area contributed by atoms with Crippen LogP contribution in [0, 0.1) is 10.1 Å². The summed E-state index contributed by atoms with van der Waals surface area (Å²) in [5.41, 5.74) is 1.35. The van der Waals surface area contributed by atoms with E-state index in [1.54, 1.807) is 36.4 Å². The van der Waals surface area contributed by atoms with Gasteiger partial charge in [-0.3, -0.25) is 10.1 Å². The molecule has 0 aliphatic heterocycles. The minimum atomic E-state index is -0.392. The monoisotopic (exact) mass is 265 g/mol. The smallest absolute Gasteiger partial charge is 0.277 e. The van der Waals surface area contributed by atoms with E-state index in [2.05, 4.69) is 0 Å². The van der Waals surface area contributed by atoms with Gasteiger partial charge in [-0.15, -0.1) is 0 Å². The molecule has 20 heavy (non-hydrogen) atoms. The third kappa shape index (κ3) is 1.97. The van der Waals surface area contributed by atoms with E-state index < -0.39 is 4.92 Å². The van der Waals surface area contributed by atoms with Crippen molar-refractivity contribution < 1.29 is 10.0 Å². The number of fused-ring (bicyclic) bond motifs is 1. The molecule has 0 unspecified atom stereocenters. The highest BCUT2D eigenvalue weighted by Crippen LogP contribution is 2.35. The summed E-state index contributed by atoms with van der Waals surface area (Å²) in [6.45, 7) is 0. The Morgan fingerprint density at radius 3 is 2.45 bits per heavy atom. The molecule has 4 heteroatoms. The lowest BCUT2D eigenvalue weighted by molar-refractivity contribution is -0.384. The topological polar surface area (TPSA) is 63.4 Å². The molecule has 0 saturated heterocycles. The average Bonchev–Trinajstić information content (AvgIpc) is 2.46. The second-order valence-electron chi connectivity index (χ2n) is 4.49. The first-order valence-electron chi connectivity index (χ1n) is 6.12. The Labute approximate surface area is 115 Å². The van der Waals surface area contributed by atoms with E-state index in [9.17, 15) is 15.2 Å². The molecule has 0 saturated carbocycles. The minimum absolute atomic E-state index is 0.0587. The molecule has 3 aromatic rings. The van der Waals surface area contributed by atoms with E-state index in [4.69, 9.17) is 0 Å². The SMILES string of the molecule is O=[N+]([O-])c1ccccc1-c1cccc2ccc(O)cc12. The van der Waals surface area contributed by atoms with E-state index >= 15 is 0 Å². The Bertz CT molecular complexity index is 812. The molecule has 0 amide bonds. The number of para-hydroxylation sites is 1. The van der Waals surface area contributed by atoms with Crippen LogP contribution < -0.4 is 0 Å². The molecule has 0 atom stereocenters. The minimum Gasteiger partial charge on any atom is -0.508 e. The number of aromatic hydroxyl groups is 1. The average molecular weight is 265 g/mol. The van der Waals surface area contributed by atoms with Gasteiger partial charge in [-0.05, 0) is 34.5 Å². The zero-order valence-electron chi connectivity index (χ0n) is 10.5. The van der Waals surface area contributed by atoms with Gasteiger partial charge in [0.1, 0.15) is 5.75 Å². The number of hydrogen-bond acceptors (Lipinski definition) is 3. The van der Waals surface area contributed by atoms with E-state index in [1.165, 1.54) is 6.07 Å². The van der Waals surface area contributed by atoms with Crippen LogP contribution in [0.4, 0.5) is 5.69 Å². The first-order valence-corrected chi connectivity index (χ1v) is 6.12. The molecular formula is C16H11NO3. The Hall–Kier alpha value is -2.88. The maximum Gasteiger partial charge on any atom is 0.277 e. The van der Waals surface area contributed by atoms with E-state index in [1.807, 2.05) is 18.2 Å². The van der Waals surface area contributed by atoms with Crippen molar-refractivity contribution in [3.8, 4) is 16.9 Å². The summed E-state index contributed by atoms with van der Waals surface area (Å²) in [7, 11) is 0. The van der Waals surface area contributed by atoms with E-state index in [0.717, 1.165) is 16.3 Å². The molecule has 0 aromatic heterocycles. The standard InChI is InChI=1S/C16H11NO3/c18-12-9-8-11-4-3-6-13(15(11)10-12)14-5-1-2-7-16(14)17(19)20/h1-10,18H. The van der Waals surface area contributed by atoms with Crippen molar-refractivity contribution in [2.45, 2.75) is 0 Å². The van der Waals surface area contributed by atoms with Gasteiger partial charge >= 0.3 is 0 Å². The number of hydrogen-bond donors (Lipinski definition) is 1. The van der Waals surface area contributed by atoms with Crippen molar-refractivity contribution in [1.29, 1.82) is 0 Å². The number of rotatable bonds is 2. The van der Waals surface area contributed by atoms with Gasteiger partial charge < -0.3 is 5.11 Å². The van der Waals surface area contributed by atoms with Crippen LogP contribution in [0.1, 0.15) is 0 Å². The Morgan fingerprint density at radius 1 is 0.900 bits per heavy atom. The van der Waals surface area contributed by atoms with Crippen molar-refractivity contribution in [3.05, 3.63) is 70.8 Å². The molecule has 0 heterocycles. The van der Waals surface area contributed by atoms with Gasteiger partial charge in [-0.25, -0.2) is 0 Å². The van der Waals surface area contributed by atoms with Gasteiger partial charge in [0.2, 0.25) is 0 Å². The molecule has 0 aliphatic rings. The van der Waals surface area contributed by atoms with Crippen LogP contribution in [0.5, 0.6) is 5.75 Å². The van der Waals surface area contributed by atoms with Crippen molar-refractivity contribution in [3.63, 3.8) is 0 Å². The van der Waals surface area contributed by atoms with E-state index in [-0.39, 0.29) is 11.4 Å². The van der Waals surface area contributed by atoms with Crippen LogP contribution in [-0.4, -0.2) is 10.0 Å². The molecule has 4 nitrogen and oxygen atoms in total. The fourth-order valence-corrected chi connectivity index (χ4v) is 2.36. The van der Waals surface area contributed by atoms with Gasteiger partial charge in [-0.2, -0.15) is 0 Å². The fourth-order valence-electron chi connectivity index (χ4n) is 2.36. The van der Waals surface area contributed by atoms with Crippen LogP contribution in [0.3, 0.4) is 0 Å². The maximum absolute atomic E-state index is 11.2. The lowest BCUT2D eigenvalue weighted by atomic mass is 9.97. The summed E-state index contributed by atoms with van der Waals surface area (Å²) in [5.74, 6) is 0.142. The zero-order chi connectivity index (χ0) is 14.1. The van der Waals surface area contributed by atoms with Gasteiger partial charge in [0, 0.05) is 6.07 Å². The summed E-state index contributed by atoms with van der Waals surface area (Å²) in [6, 6.07) is 17.2. The normalized spacial score (nSPS) is 10.6. The van der Waals surface area contributed by atoms with Crippen LogP contribution in [-0.2, 0) is 0 Å². The number of nitrogens with zero attached hydrogens (tertiary/aromatic N) is 1. The molecule has 1 N–H and O–H groups in total.